The van der Waals surface area contributed by atoms with Gasteiger partial charge in [-0.25, -0.2) is 9.59 Å². The van der Waals surface area contributed by atoms with Crippen molar-refractivity contribution in [1.82, 2.24) is 4.90 Å². The number of aliphatic hydroxyl groups is 1. The van der Waals surface area contributed by atoms with Crippen LogP contribution in [-0.4, -0.2) is 45.8 Å². The Kier molecular flexibility index (Phi) is 3.94. The molecule has 6 heteroatoms. The van der Waals surface area contributed by atoms with E-state index in [9.17, 15) is 14.7 Å². The molecular weight excluding hydrogens is 260 g/mol. The fourth-order valence-electron chi connectivity index (χ4n) is 2.33. The van der Waals surface area contributed by atoms with Gasteiger partial charge in [0.1, 0.15) is 6.04 Å². The van der Waals surface area contributed by atoms with E-state index in [1.165, 1.54) is 0 Å². The monoisotopic (exact) mass is 278 g/mol. The Bertz CT molecular complexity index is 544. The van der Waals surface area contributed by atoms with E-state index in [4.69, 9.17) is 5.11 Å². The maximum Gasteiger partial charge on any atom is 0.326 e. The highest BCUT2D eigenvalue weighted by Gasteiger charge is 2.39. The standard InChI is InChI=1S/C14H18N2O4/c1-8-3-4-9(2)11(5-8)15-14(20)16-7-10(17)6-12(16)13(18)19/h3-5,10,12,17H,6-7H2,1-2H3,(H,15,20)(H,18,19)/t10?,12-/m0/s1. The van der Waals surface area contributed by atoms with E-state index in [-0.39, 0.29) is 13.0 Å². The van der Waals surface area contributed by atoms with Gasteiger partial charge < -0.3 is 20.4 Å². The summed E-state index contributed by atoms with van der Waals surface area (Å²) in [5, 5.41) is 21.3. The molecular formula is C14H18N2O4. The number of aliphatic carboxylic acids is 1. The van der Waals surface area contributed by atoms with Crippen LogP contribution in [0.5, 0.6) is 0 Å². The molecule has 1 unspecified atom stereocenters. The van der Waals surface area contributed by atoms with Crippen molar-refractivity contribution in [3.63, 3.8) is 0 Å². The van der Waals surface area contributed by atoms with Crippen molar-refractivity contribution in [2.75, 3.05) is 11.9 Å². The summed E-state index contributed by atoms with van der Waals surface area (Å²) in [5.41, 5.74) is 2.55. The van der Waals surface area contributed by atoms with Gasteiger partial charge in [-0.2, -0.15) is 0 Å². The van der Waals surface area contributed by atoms with Gasteiger partial charge in [0, 0.05) is 18.7 Å². The number of urea groups is 1. The highest BCUT2D eigenvalue weighted by Crippen LogP contribution is 2.21. The van der Waals surface area contributed by atoms with Crippen molar-refractivity contribution >= 4 is 17.7 Å². The summed E-state index contributed by atoms with van der Waals surface area (Å²) >= 11 is 0. The van der Waals surface area contributed by atoms with E-state index in [2.05, 4.69) is 5.32 Å². The Hall–Kier alpha value is -2.08. The number of aryl methyl sites for hydroxylation is 2. The lowest BCUT2D eigenvalue weighted by Gasteiger charge is -2.22. The fourth-order valence-corrected chi connectivity index (χ4v) is 2.33. The van der Waals surface area contributed by atoms with Crippen molar-refractivity contribution in [1.29, 1.82) is 0 Å². The summed E-state index contributed by atoms with van der Waals surface area (Å²) in [4.78, 5) is 24.4. The number of nitrogens with zero attached hydrogens (tertiary/aromatic N) is 1. The molecule has 6 nitrogen and oxygen atoms in total. The van der Waals surface area contributed by atoms with Crippen LogP contribution in [-0.2, 0) is 4.79 Å². The zero-order valence-corrected chi connectivity index (χ0v) is 11.5. The van der Waals surface area contributed by atoms with Gasteiger partial charge >= 0.3 is 12.0 Å². The Labute approximate surface area is 117 Å². The van der Waals surface area contributed by atoms with Crippen molar-refractivity contribution in [3.8, 4) is 0 Å². The Balaban J connectivity index is 2.15. The molecule has 2 atom stereocenters. The number of amides is 2. The molecule has 1 heterocycles. The number of carboxylic acids is 1. The lowest BCUT2D eigenvalue weighted by atomic mass is 10.1. The maximum atomic E-state index is 12.2. The van der Waals surface area contributed by atoms with Gasteiger partial charge in [-0.3, -0.25) is 0 Å². The lowest BCUT2D eigenvalue weighted by molar-refractivity contribution is -0.141. The first-order valence-corrected chi connectivity index (χ1v) is 6.44. The minimum absolute atomic E-state index is 0.0354. The summed E-state index contributed by atoms with van der Waals surface area (Å²) in [6.07, 6.45) is -0.726. The first kappa shape index (κ1) is 14.3. The summed E-state index contributed by atoms with van der Waals surface area (Å²) < 4.78 is 0. The van der Waals surface area contributed by atoms with Crippen LogP contribution < -0.4 is 5.32 Å². The second kappa shape index (κ2) is 5.50. The van der Waals surface area contributed by atoms with Crippen LogP contribution in [0, 0.1) is 13.8 Å². The number of carboxylic acid groups (broad SMARTS) is 1. The minimum Gasteiger partial charge on any atom is -0.480 e. The Morgan fingerprint density at radius 2 is 2.05 bits per heavy atom. The van der Waals surface area contributed by atoms with E-state index >= 15 is 0 Å². The van der Waals surface area contributed by atoms with Crippen LogP contribution in [0.15, 0.2) is 18.2 Å². The third-order valence-corrected chi connectivity index (χ3v) is 3.46. The predicted molar refractivity (Wildman–Crippen MR) is 73.7 cm³/mol. The molecule has 1 aliphatic heterocycles. The number of likely N-dealkylation sites (tertiary alicyclic amines) is 1. The highest BCUT2D eigenvalue weighted by atomic mass is 16.4. The summed E-state index contributed by atoms with van der Waals surface area (Å²) in [6, 6.07) is 4.18. The number of β-amino-alcohol motifs (C(OH)–C–C–N with tert-alkyl or cyclic N) is 1. The number of hydrogen-bond acceptors (Lipinski definition) is 3. The van der Waals surface area contributed by atoms with Gasteiger partial charge in [0.15, 0.2) is 0 Å². The molecule has 20 heavy (non-hydrogen) atoms. The molecule has 0 aromatic heterocycles. The third-order valence-electron chi connectivity index (χ3n) is 3.46. The van der Waals surface area contributed by atoms with Gasteiger partial charge in [-0.15, -0.1) is 0 Å². The van der Waals surface area contributed by atoms with Gasteiger partial charge in [-0.05, 0) is 31.0 Å². The molecule has 0 spiro atoms. The van der Waals surface area contributed by atoms with Crippen molar-refractivity contribution in [2.45, 2.75) is 32.4 Å². The summed E-state index contributed by atoms with van der Waals surface area (Å²) in [6.45, 7) is 3.81. The molecule has 1 fully saturated rings. The molecule has 1 aromatic rings. The number of aliphatic hydroxyl groups excluding tert-OH is 1. The van der Waals surface area contributed by atoms with Crippen LogP contribution in [0.3, 0.4) is 0 Å². The molecule has 0 bridgehead atoms. The minimum atomic E-state index is -1.10. The zero-order chi connectivity index (χ0) is 14.9. The molecule has 108 valence electrons. The van der Waals surface area contributed by atoms with E-state index in [0.29, 0.717) is 5.69 Å². The number of hydrogen-bond donors (Lipinski definition) is 3. The molecule has 1 saturated heterocycles. The molecule has 2 amide bonds. The molecule has 3 N–H and O–H groups in total. The average Bonchev–Trinajstić information content (AvgIpc) is 2.76. The number of carbonyl (C=O) groups is 2. The zero-order valence-electron chi connectivity index (χ0n) is 11.5. The predicted octanol–water partition coefficient (Wildman–Crippen LogP) is 1.36. The number of benzene rings is 1. The van der Waals surface area contributed by atoms with Crippen LogP contribution in [0.2, 0.25) is 0 Å². The first-order valence-electron chi connectivity index (χ1n) is 6.44. The first-order chi connectivity index (χ1) is 9.38. The van der Waals surface area contributed by atoms with Gasteiger partial charge in [-0.1, -0.05) is 12.1 Å². The Morgan fingerprint density at radius 1 is 1.35 bits per heavy atom. The number of carbonyl (C=O) groups excluding carboxylic acids is 1. The highest BCUT2D eigenvalue weighted by molar-refractivity contribution is 5.93. The van der Waals surface area contributed by atoms with E-state index in [1.54, 1.807) is 0 Å². The average molecular weight is 278 g/mol. The van der Waals surface area contributed by atoms with Crippen molar-refractivity contribution < 1.29 is 19.8 Å². The summed E-state index contributed by atoms with van der Waals surface area (Å²) in [5.74, 6) is -1.10. The largest absolute Gasteiger partial charge is 0.480 e. The van der Waals surface area contributed by atoms with Crippen LogP contribution in [0.1, 0.15) is 17.5 Å². The van der Waals surface area contributed by atoms with Crippen LogP contribution >= 0.6 is 0 Å². The molecule has 2 rings (SSSR count). The quantitative estimate of drug-likeness (QED) is 0.762. The maximum absolute atomic E-state index is 12.2. The molecule has 1 aliphatic rings. The molecule has 0 radical (unpaired) electrons. The smallest absolute Gasteiger partial charge is 0.326 e. The molecule has 0 aliphatic carbocycles. The van der Waals surface area contributed by atoms with Gasteiger partial charge in [0.2, 0.25) is 0 Å². The molecule has 0 saturated carbocycles. The Morgan fingerprint density at radius 3 is 2.70 bits per heavy atom. The number of nitrogens with one attached hydrogen (secondary N) is 1. The van der Waals surface area contributed by atoms with Gasteiger partial charge in [0.05, 0.1) is 6.10 Å². The topological polar surface area (TPSA) is 89.9 Å². The fraction of sp³-hybridized carbons (Fsp3) is 0.429. The second-order valence-corrected chi connectivity index (χ2v) is 5.14. The van der Waals surface area contributed by atoms with Crippen LogP contribution in [0.4, 0.5) is 10.5 Å². The second-order valence-electron chi connectivity index (χ2n) is 5.14. The summed E-state index contributed by atoms with van der Waals surface area (Å²) in [7, 11) is 0. The SMILES string of the molecule is Cc1ccc(C)c(NC(=O)N2CC(O)C[C@H]2C(=O)O)c1. The number of rotatable bonds is 2. The lowest BCUT2D eigenvalue weighted by Crippen LogP contribution is -2.43. The van der Waals surface area contributed by atoms with E-state index in [1.807, 2.05) is 32.0 Å². The third kappa shape index (κ3) is 2.91. The normalized spacial score (nSPS) is 21.9. The van der Waals surface area contributed by atoms with E-state index in [0.717, 1.165) is 16.0 Å². The number of anilines is 1. The molecule has 1 aromatic carbocycles. The van der Waals surface area contributed by atoms with Gasteiger partial charge in [0.25, 0.3) is 0 Å². The van der Waals surface area contributed by atoms with Crippen molar-refractivity contribution in [2.24, 2.45) is 0 Å². The van der Waals surface area contributed by atoms with Crippen LogP contribution in [0.25, 0.3) is 0 Å². The van der Waals surface area contributed by atoms with E-state index < -0.39 is 24.1 Å². The van der Waals surface area contributed by atoms with Crippen molar-refractivity contribution in [3.05, 3.63) is 29.3 Å².